The Balaban J connectivity index is 1.65. The standard InChI is InChI=1S/C18H19N5OS2/c1-4-10-23-13(3)21-22-18(23)26-12(2)16(24)20-17-19-15(11-25-17)14-8-6-5-7-9-14/h4-9,11-12H,1,10H2,2-3H3,(H,19,20,24). The van der Waals surface area contributed by atoms with Crippen LogP contribution in [-0.2, 0) is 11.3 Å². The molecule has 1 amide bonds. The number of allylic oxidation sites excluding steroid dienone is 1. The number of aromatic nitrogens is 4. The number of carbonyl (C=O) groups excluding carboxylic acids is 1. The van der Waals surface area contributed by atoms with Gasteiger partial charge < -0.3 is 9.88 Å². The molecule has 26 heavy (non-hydrogen) atoms. The summed E-state index contributed by atoms with van der Waals surface area (Å²) < 4.78 is 1.93. The summed E-state index contributed by atoms with van der Waals surface area (Å²) >= 11 is 2.78. The molecule has 8 heteroatoms. The Morgan fingerprint density at radius 1 is 1.38 bits per heavy atom. The van der Waals surface area contributed by atoms with Crippen molar-refractivity contribution in [2.75, 3.05) is 5.32 Å². The van der Waals surface area contributed by atoms with Gasteiger partial charge in [0.1, 0.15) is 5.82 Å². The van der Waals surface area contributed by atoms with Crippen molar-refractivity contribution in [1.29, 1.82) is 0 Å². The summed E-state index contributed by atoms with van der Waals surface area (Å²) in [6.07, 6.45) is 1.78. The fourth-order valence-electron chi connectivity index (χ4n) is 2.28. The van der Waals surface area contributed by atoms with Crippen LogP contribution in [0.3, 0.4) is 0 Å². The van der Waals surface area contributed by atoms with E-state index < -0.39 is 0 Å². The van der Waals surface area contributed by atoms with Crippen molar-refractivity contribution < 1.29 is 4.79 Å². The van der Waals surface area contributed by atoms with Gasteiger partial charge in [0.2, 0.25) is 5.91 Å². The first-order valence-corrected chi connectivity index (χ1v) is 9.83. The summed E-state index contributed by atoms with van der Waals surface area (Å²) in [4.78, 5) is 17.0. The number of hydrogen-bond donors (Lipinski definition) is 1. The van der Waals surface area contributed by atoms with E-state index in [1.807, 2.05) is 54.1 Å². The number of amides is 1. The molecule has 1 unspecified atom stereocenters. The van der Waals surface area contributed by atoms with Crippen LogP contribution >= 0.6 is 23.1 Å². The minimum Gasteiger partial charge on any atom is -0.302 e. The van der Waals surface area contributed by atoms with Gasteiger partial charge in [-0.1, -0.05) is 48.2 Å². The fourth-order valence-corrected chi connectivity index (χ4v) is 3.91. The molecule has 134 valence electrons. The predicted octanol–water partition coefficient (Wildman–Crippen LogP) is 4.02. The Morgan fingerprint density at radius 3 is 2.88 bits per heavy atom. The number of thioether (sulfide) groups is 1. The van der Waals surface area contributed by atoms with E-state index in [0.29, 0.717) is 16.8 Å². The van der Waals surface area contributed by atoms with Crippen molar-refractivity contribution in [2.45, 2.75) is 30.8 Å². The Bertz CT molecular complexity index is 903. The summed E-state index contributed by atoms with van der Waals surface area (Å²) in [5.74, 6) is 0.683. The molecule has 0 saturated heterocycles. The van der Waals surface area contributed by atoms with Crippen LogP contribution in [0.2, 0.25) is 0 Å². The smallest absolute Gasteiger partial charge is 0.239 e. The van der Waals surface area contributed by atoms with Gasteiger partial charge in [-0.15, -0.1) is 28.1 Å². The molecular formula is C18H19N5OS2. The zero-order valence-electron chi connectivity index (χ0n) is 14.5. The number of nitrogens with zero attached hydrogens (tertiary/aromatic N) is 4. The number of anilines is 1. The highest BCUT2D eigenvalue weighted by Gasteiger charge is 2.20. The van der Waals surface area contributed by atoms with E-state index in [2.05, 4.69) is 27.1 Å². The molecule has 1 aromatic carbocycles. The van der Waals surface area contributed by atoms with Crippen molar-refractivity contribution in [3.63, 3.8) is 0 Å². The average Bonchev–Trinajstić information content (AvgIpc) is 3.24. The largest absolute Gasteiger partial charge is 0.302 e. The molecule has 3 aromatic rings. The van der Waals surface area contributed by atoms with Crippen molar-refractivity contribution in [2.24, 2.45) is 0 Å². The van der Waals surface area contributed by atoms with Crippen LogP contribution in [0.25, 0.3) is 11.3 Å². The van der Waals surface area contributed by atoms with E-state index in [1.54, 1.807) is 6.08 Å². The molecule has 6 nitrogen and oxygen atoms in total. The minimum absolute atomic E-state index is 0.116. The van der Waals surface area contributed by atoms with E-state index in [0.717, 1.165) is 17.1 Å². The summed E-state index contributed by atoms with van der Waals surface area (Å²) in [5, 5.41) is 14.0. The zero-order valence-corrected chi connectivity index (χ0v) is 16.2. The zero-order chi connectivity index (χ0) is 18.5. The number of benzene rings is 1. The Labute approximate surface area is 160 Å². The minimum atomic E-state index is -0.328. The molecule has 0 aliphatic heterocycles. The number of aryl methyl sites for hydroxylation is 1. The maximum Gasteiger partial charge on any atom is 0.239 e. The van der Waals surface area contributed by atoms with Crippen LogP contribution < -0.4 is 5.32 Å². The third-order valence-electron chi connectivity index (χ3n) is 3.67. The number of rotatable bonds is 7. The quantitative estimate of drug-likeness (QED) is 0.491. The van der Waals surface area contributed by atoms with Gasteiger partial charge >= 0.3 is 0 Å². The molecule has 0 fully saturated rings. The molecule has 1 atom stereocenters. The first-order valence-electron chi connectivity index (χ1n) is 8.07. The molecular weight excluding hydrogens is 366 g/mol. The van der Waals surface area contributed by atoms with Crippen molar-refractivity contribution in [3.8, 4) is 11.3 Å². The number of hydrogen-bond acceptors (Lipinski definition) is 6. The number of nitrogens with one attached hydrogen (secondary N) is 1. The second-order valence-corrected chi connectivity index (χ2v) is 7.75. The molecule has 3 rings (SSSR count). The summed E-state index contributed by atoms with van der Waals surface area (Å²) in [6, 6.07) is 9.88. The van der Waals surface area contributed by atoms with Gasteiger partial charge in [0, 0.05) is 17.5 Å². The molecule has 1 N–H and O–H groups in total. The average molecular weight is 386 g/mol. The topological polar surface area (TPSA) is 72.7 Å². The van der Waals surface area contributed by atoms with Gasteiger partial charge in [-0.05, 0) is 13.8 Å². The van der Waals surface area contributed by atoms with E-state index in [4.69, 9.17) is 0 Å². The Morgan fingerprint density at radius 2 is 2.15 bits per heavy atom. The lowest BCUT2D eigenvalue weighted by Crippen LogP contribution is -2.22. The van der Waals surface area contributed by atoms with Crippen LogP contribution in [0.15, 0.2) is 53.5 Å². The van der Waals surface area contributed by atoms with Gasteiger partial charge in [0.05, 0.1) is 10.9 Å². The van der Waals surface area contributed by atoms with Gasteiger partial charge in [-0.25, -0.2) is 4.98 Å². The van der Waals surface area contributed by atoms with Crippen LogP contribution in [0.5, 0.6) is 0 Å². The molecule has 0 aliphatic rings. The maximum absolute atomic E-state index is 12.5. The van der Waals surface area contributed by atoms with Gasteiger partial charge in [-0.3, -0.25) is 4.79 Å². The molecule has 0 aliphatic carbocycles. The second kappa shape index (κ2) is 8.29. The van der Waals surface area contributed by atoms with E-state index in [1.165, 1.54) is 23.1 Å². The maximum atomic E-state index is 12.5. The summed E-state index contributed by atoms with van der Waals surface area (Å²) in [7, 11) is 0. The van der Waals surface area contributed by atoms with Crippen molar-refractivity contribution in [3.05, 3.63) is 54.2 Å². The van der Waals surface area contributed by atoms with Crippen LogP contribution in [0, 0.1) is 6.92 Å². The molecule has 2 heterocycles. The molecule has 0 bridgehead atoms. The third-order valence-corrected chi connectivity index (χ3v) is 5.51. The van der Waals surface area contributed by atoms with Crippen molar-refractivity contribution >= 4 is 34.1 Å². The monoisotopic (exact) mass is 385 g/mol. The normalized spacial score (nSPS) is 11.9. The lowest BCUT2D eigenvalue weighted by Gasteiger charge is -2.11. The van der Waals surface area contributed by atoms with Gasteiger partial charge in [0.15, 0.2) is 10.3 Å². The highest BCUT2D eigenvalue weighted by Crippen LogP contribution is 2.27. The predicted molar refractivity (Wildman–Crippen MR) is 106 cm³/mol. The van der Waals surface area contributed by atoms with Crippen LogP contribution in [0.4, 0.5) is 5.13 Å². The second-order valence-electron chi connectivity index (χ2n) is 5.58. The first kappa shape index (κ1) is 18.3. The molecule has 2 aromatic heterocycles. The highest BCUT2D eigenvalue weighted by molar-refractivity contribution is 8.00. The summed E-state index contributed by atoms with van der Waals surface area (Å²) in [6.45, 7) is 8.08. The van der Waals surface area contributed by atoms with Crippen LogP contribution in [-0.4, -0.2) is 30.9 Å². The SMILES string of the molecule is C=CCn1c(C)nnc1SC(C)C(=O)Nc1nc(-c2ccccc2)cs1. The van der Waals surface area contributed by atoms with Crippen molar-refractivity contribution in [1.82, 2.24) is 19.7 Å². The summed E-state index contributed by atoms with van der Waals surface area (Å²) in [5.41, 5.74) is 1.88. The van der Waals surface area contributed by atoms with Gasteiger partial charge in [0.25, 0.3) is 0 Å². The van der Waals surface area contributed by atoms with E-state index in [9.17, 15) is 4.79 Å². The Hall–Kier alpha value is -2.45. The Kier molecular flexibility index (Phi) is 5.85. The third kappa shape index (κ3) is 4.20. The van der Waals surface area contributed by atoms with E-state index >= 15 is 0 Å². The lowest BCUT2D eigenvalue weighted by molar-refractivity contribution is -0.115. The highest BCUT2D eigenvalue weighted by atomic mass is 32.2. The number of carbonyl (C=O) groups is 1. The van der Waals surface area contributed by atoms with Crippen LogP contribution in [0.1, 0.15) is 12.7 Å². The fraction of sp³-hybridized carbons (Fsp3) is 0.222. The lowest BCUT2D eigenvalue weighted by atomic mass is 10.2. The van der Waals surface area contributed by atoms with E-state index in [-0.39, 0.29) is 11.2 Å². The first-order chi connectivity index (χ1) is 12.6. The molecule has 0 radical (unpaired) electrons. The molecule has 0 spiro atoms. The van der Waals surface area contributed by atoms with Gasteiger partial charge in [-0.2, -0.15) is 0 Å². The molecule has 0 saturated carbocycles. The number of thiazole rings is 1.